The van der Waals surface area contributed by atoms with Crippen molar-refractivity contribution in [2.75, 3.05) is 4.90 Å². The molecule has 0 fully saturated rings. The van der Waals surface area contributed by atoms with E-state index in [4.69, 9.17) is 0 Å². The minimum atomic E-state index is 1.06. The van der Waals surface area contributed by atoms with Gasteiger partial charge in [0.15, 0.2) is 0 Å². The molecule has 0 amide bonds. The summed E-state index contributed by atoms with van der Waals surface area (Å²) in [6.07, 6.45) is 0. The van der Waals surface area contributed by atoms with Crippen LogP contribution in [0.15, 0.2) is 267 Å². The summed E-state index contributed by atoms with van der Waals surface area (Å²) in [5, 5.41) is 4.93. The molecule has 2 nitrogen and oxygen atoms in total. The first-order valence-electron chi connectivity index (χ1n) is 22.7. The van der Waals surface area contributed by atoms with Crippen molar-refractivity contribution in [2.45, 2.75) is 0 Å². The van der Waals surface area contributed by atoms with Gasteiger partial charge >= 0.3 is 0 Å². The minimum absolute atomic E-state index is 1.06. The van der Waals surface area contributed by atoms with Crippen LogP contribution in [0.25, 0.3) is 93.9 Å². The third-order valence-corrected chi connectivity index (χ3v) is 13.0. The predicted molar refractivity (Wildman–Crippen MR) is 280 cm³/mol. The third-order valence-electron chi connectivity index (χ3n) is 13.0. The Morgan fingerprint density at radius 3 is 1.50 bits per heavy atom. The number of fused-ring (bicyclic) bond motifs is 4. The SMILES string of the molecule is c1ccc(-c2ccccc2-c2c(-c3ccccc3)cccc2N(c2cccc(-c3cccc4ccccc34)c2)c2cccc(-c3cccc4c3c3ccccc3n4-c3ccccc3)c2)cc1. The Labute approximate surface area is 385 Å². The first kappa shape index (κ1) is 38.9. The quantitative estimate of drug-likeness (QED) is 0.141. The van der Waals surface area contributed by atoms with Crippen molar-refractivity contribution < 1.29 is 0 Å². The van der Waals surface area contributed by atoms with E-state index in [0.29, 0.717) is 0 Å². The van der Waals surface area contributed by atoms with Crippen molar-refractivity contribution in [2.24, 2.45) is 0 Å². The molecular weight excluding hydrogens is 797 g/mol. The molecule has 0 unspecified atom stereocenters. The lowest BCUT2D eigenvalue weighted by molar-refractivity contribution is 1.18. The molecule has 2 heteroatoms. The van der Waals surface area contributed by atoms with Crippen LogP contribution in [0.2, 0.25) is 0 Å². The van der Waals surface area contributed by atoms with Crippen LogP contribution in [-0.2, 0) is 0 Å². The third kappa shape index (κ3) is 6.84. The van der Waals surface area contributed by atoms with Crippen molar-refractivity contribution in [1.29, 1.82) is 0 Å². The monoisotopic (exact) mass is 840 g/mol. The van der Waals surface area contributed by atoms with Crippen molar-refractivity contribution in [3.63, 3.8) is 0 Å². The van der Waals surface area contributed by atoms with Gasteiger partial charge in [-0.1, -0.05) is 212 Å². The van der Waals surface area contributed by atoms with E-state index in [-0.39, 0.29) is 0 Å². The lowest BCUT2D eigenvalue weighted by atomic mass is 9.87. The number of benzene rings is 11. The number of aromatic nitrogens is 1. The molecule has 12 rings (SSSR count). The summed E-state index contributed by atoms with van der Waals surface area (Å²) < 4.78 is 2.40. The van der Waals surface area contributed by atoms with Crippen LogP contribution in [0, 0.1) is 0 Å². The van der Waals surface area contributed by atoms with Crippen molar-refractivity contribution in [3.8, 4) is 61.3 Å². The second-order valence-corrected chi connectivity index (χ2v) is 16.8. The Morgan fingerprint density at radius 1 is 0.288 bits per heavy atom. The van der Waals surface area contributed by atoms with E-state index < -0.39 is 0 Å². The van der Waals surface area contributed by atoms with Gasteiger partial charge in [-0.15, -0.1) is 0 Å². The average molecular weight is 841 g/mol. The molecule has 0 bridgehead atoms. The van der Waals surface area contributed by atoms with Crippen LogP contribution in [0.3, 0.4) is 0 Å². The van der Waals surface area contributed by atoms with Gasteiger partial charge in [-0.2, -0.15) is 0 Å². The van der Waals surface area contributed by atoms with Gasteiger partial charge in [-0.05, 0) is 115 Å². The van der Waals surface area contributed by atoms with Crippen LogP contribution >= 0.6 is 0 Å². The average Bonchev–Trinajstić information content (AvgIpc) is 3.74. The van der Waals surface area contributed by atoms with Gasteiger partial charge in [-0.3, -0.25) is 0 Å². The highest BCUT2D eigenvalue weighted by Gasteiger charge is 2.24. The van der Waals surface area contributed by atoms with Crippen molar-refractivity contribution in [1.82, 2.24) is 4.57 Å². The lowest BCUT2D eigenvalue weighted by Gasteiger charge is -2.30. The highest BCUT2D eigenvalue weighted by Crippen LogP contribution is 2.49. The summed E-state index contributed by atoms with van der Waals surface area (Å²) in [4.78, 5) is 2.48. The smallest absolute Gasteiger partial charge is 0.0547 e. The molecule has 0 aliphatic rings. The Kier molecular flexibility index (Phi) is 9.89. The van der Waals surface area contributed by atoms with Gasteiger partial charge in [0.05, 0.1) is 16.7 Å². The Hall–Kier alpha value is -8.72. The lowest BCUT2D eigenvalue weighted by Crippen LogP contribution is -2.12. The van der Waals surface area contributed by atoms with E-state index in [0.717, 1.165) is 45.0 Å². The molecule has 0 radical (unpaired) electrons. The largest absolute Gasteiger partial charge is 0.310 e. The molecule has 0 saturated carbocycles. The van der Waals surface area contributed by atoms with Crippen LogP contribution in [0.4, 0.5) is 17.1 Å². The van der Waals surface area contributed by atoms with E-state index in [1.54, 1.807) is 0 Å². The summed E-state index contributed by atoms with van der Waals surface area (Å²) in [5.41, 5.74) is 18.5. The van der Waals surface area contributed by atoms with Gasteiger partial charge < -0.3 is 9.47 Å². The highest BCUT2D eigenvalue weighted by molar-refractivity contribution is 6.16. The first-order valence-corrected chi connectivity index (χ1v) is 22.7. The maximum Gasteiger partial charge on any atom is 0.0547 e. The summed E-state index contributed by atoms with van der Waals surface area (Å²) in [7, 11) is 0. The molecule has 12 aromatic rings. The second kappa shape index (κ2) is 16.8. The van der Waals surface area contributed by atoms with Gasteiger partial charge in [0.2, 0.25) is 0 Å². The maximum atomic E-state index is 2.48. The molecule has 1 aromatic heterocycles. The number of anilines is 3. The number of rotatable bonds is 9. The Bertz CT molecular complexity index is 3690. The zero-order valence-electron chi connectivity index (χ0n) is 36.3. The van der Waals surface area contributed by atoms with Gasteiger partial charge in [0.1, 0.15) is 0 Å². The zero-order valence-corrected chi connectivity index (χ0v) is 36.3. The summed E-state index contributed by atoms with van der Waals surface area (Å²) in [6, 6.07) is 97.1. The fourth-order valence-corrected chi connectivity index (χ4v) is 10.1. The molecule has 0 saturated heterocycles. The normalized spacial score (nSPS) is 11.3. The van der Waals surface area contributed by atoms with Crippen molar-refractivity contribution in [3.05, 3.63) is 267 Å². The summed E-state index contributed by atoms with van der Waals surface area (Å²) in [5.74, 6) is 0. The molecular formula is C64H44N2. The van der Waals surface area contributed by atoms with Crippen molar-refractivity contribution >= 4 is 49.6 Å². The molecule has 1 heterocycles. The first-order chi connectivity index (χ1) is 32.8. The summed E-state index contributed by atoms with van der Waals surface area (Å²) in [6.45, 7) is 0. The number of hydrogen-bond donors (Lipinski definition) is 0. The van der Waals surface area contributed by atoms with Gasteiger partial charge in [0.25, 0.3) is 0 Å². The highest BCUT2D eigenvalue weighted by atomic mass is 15.1. The molecule has 0 aliphatic carbocycles. The Morgan fingerprint density at radius 2 is 0.758 bits per heavy atom. The molecule has 66 heavy (non-hydrogen) atoms. The predicted octanol–water partition coefficient (Wildman–Crippen LogP) is 17.7. The molecule has 0 spiro atoms. The van der Waals surface area contributed by atoms with E-state index >= 15 is 0 Å². The molecule has 310 valence electrons. The minimum Gasteiger partial charge on any atom is -0.310 e. The van der Waals surface area contributed by atoms with E-state index in [2.05, 4.69) is 276 Å². The van der Waals surface area contributed by atoms with Crippen LogP contribution in [0.1, 0.15) is 0 Å². The second-order valence-electron chi connectivity index (χ2n) is 16.8. The van der Waals surface area contributed by atoms with Gasteiger partial charge in [0, 0.05) is 33.4 Å². The number of hydrogen-bond acceptors (Lipinski definition) is 1. The van der Waals surface area contributed by atoms with E-state index in [9.17, 15) is 0 Å². The van der Waals surface area contributed by atoms with E-state index in [1.807, 2.05) is 0 Å². The van der Waals surface area contributed by atoms with Crippen LogP contribution < -0.4 is 4.90 Å². The van der Waals surface area contributed by atoms with Crippen LogP contribution in [0.5, 0.6) is 0 Å². The van der Waals surface area contributed by atoms with Crippen LogP contribution in [-0.4, -0.2) is 4.57 Å². The molecule has 11 aromatic carbocycles. The molecule has 0 aliphatic heterocycles. The zero-order chi connectivity index (χ0) is 43.8. The maximum absolute atomic E-state index is 2.48. The standard InChI is InChI=1S/C64H44N2/c1-4-21-45(22-5-1)54-34-12-13-35-58(54)63-56(47-23-6-2-7-24-47)38-19-41-61(63)65(51-31-16-27-48(43-51)55-37-18-26-46-25-10-11-33-53(46)55)52-32-17-28-49(44-52)57-39-20-42-62-64(57)59-36-14-15-40-60(59)66(62)50-29-8-3-9-30-50/h1-44H. The Balaban J connectivity index is 1.13. The number of para-hydroxylation sites is 2. The summed E-state index contributed by atoms with van der Waals surface area (Å²) >= 11 is 0. The fraction of sp³-hybridized carbons (Fsp3) is 0. The number of nitrogens with zero attached hydrogens (tertiary/aromatic N) is 2. The van der Waals surface area contributed by atoms with E-state index in [1.165, 1.54) is 66.0 Å². The topological polar surface area (TPSA) is 8.17 Å². The van der Waals surface area contributed by atoms with Gasteiger partial charge in [-0.25, -0.2) is 0 Å². The molecule has 0 atom stereocenters. The molecule has 0 N–H and O–H groups in total. The fourth-order valence-electron chi connectivity index (χ4n) is 10.1.